The SMILES string of the molecule is COC(=O)n1ccc(OCCOS(C)(=O)=O)n1. The molecule has 17 heavy (non-hydrogen) atoms. The van der Waals surface area contributed by atoms with Gasteiger partial charge >= 0.3 is 6.09 Å². The van der Waals surface area contributed by atoms with Crippen LogP contribution in [0.25, 0.3) is 0 Å². The van der Waals surface area contributed by atoms with Crippen LogP contribution in [-0.2, 0) is 19.0 Å². The molecule has 0 atom stereocenters. The normalized spacial score (nSPS) is 11.2. The van der Waals surface area contributed by atoms with Crippen molar-refractivity contribution in [3.8, 4) is 5.88 Å². The molecule has 0 saturated heterocycles. The molecule has 0 N–H and O–H groups in total. The molecule has 0 radical (unpaired) electrons. The molecule has 1 heterocycles. The van der Waals surface area contributed by atoms with E-state index in [0.29, 0.717) is 0 Å². The van der Waals surface area contributed by atoms with Crippen molar-refractivity contribution in [2.24, 2.45) is 0 Å². The lowest BCUT2D eigenvalue weighted by Gasteiger charge is -2.02. The molecule has 0 aliphatic rings. The monoisotopic (exact) mass is 264 g/mol. The highest BCUT2D eigenvalue weighted by atomic mass is 32.2. The lowest BCUT2D eigenvalue weighted by atomic mass is 10.7. The van der Waals surface area contributed by atoms with Crippen molar-refractivity contribution >= 4 is 16.2 Å². The van der Waals surface area contributed by atoms with E-state index in [1.165, 1.54) is 19.4 Å². The summed E-state index contributed by atoms with van der Waals surface area (Å²) < 4.78 is 36.1. The topological polar surface area (TPSA) is 96.7 Å². The van der Waals surface area contributed by atoms with Crippen molar-refractivity contribution in [1.82, 2.24) is 9.78 Å². The van der Waals surface area contributed by atoms with Gasteiger partial charge < -0.3 is 9.47 Å². The fraction of sp³-hybridized carbons (Fsp3) is 0.500. The van der Waals surface area contributed by atoms with Crippen molar-refractivity contribution in [2.75, 3.05) is 26.6 Å². The summed E-state index contributed by atoms with van der Waals surface area (Å²) in [5.74, 6) is 0.174. The summed E-state index contributed by atoms with van der Waals surface area (Å²) in [6.45, 7) is -0.116. The lowest BCUT2D eigenvalue weighted by Crippen LogP contribution is -2.13. The molecule has 0 amide bonds. The van der Waals surface area contributed by atoms with E-state index >= 15 is 0 Å². The molecule has 0 aromatic carbocycles. The molecule has 1 aromatic rings. The maximum absolute atomic E-state index is 11.0. The molecule has 8 nitrogen and oxygen atoms in total. The largest absolute Gasteiger partial charge is 0.474 e. The molecule has 0 saturated carbocycles. The zero-order valence-corrected chi connectivity index (χ0v) is 10.1. The van der Waals surface area contributed by atoms with Crippen LogP contribution in [0.2, 0.25) is 0 Å². The fourth-order valence-electron chi connectivity index (χ4n) is 0.911. The van der Waals surface area contributed by atoms with Crippen LogP contribution < -0.4 is 4.74 Å². The van der Waals surface area contributed by atoms with Gasteiger partial charge in [-0.15, -0.1) is 5.10 Å². The highest BCUT2D eigenvalue weighted by molar-refractivity contribution is 7.85. The Morgan fingerprint density at radius 2 is 2.18 bits per heavy atom. The third kappa shape index (κ3) is 4.83. The number of methoxy groups -OCH3 is 1. The fourth-order valence-corrected chi connectivity index (χ4v) is 1.28. The summed E-state index contributed by atoms with van der Waals surface area (Å²) in [4.78, 5) is 11.0. The zero-order chi connectivity index (χ0) is 12.9. The van der Waals surface area contributed by atoms with Crippen LogP contribution in [0.5, 0.6) is 5.88 Å². The van der Waals surface area contributed by atoms with Crippen LogP contribution in [-0.4, -0.2) is 50.9 Å². The van der Waals surface area contributed by atoms with Crippen LogP contribution in [0, 0.1) is 0 Å². The van der Waals surface area contributed by atoms with Crippen LogP contribution in [0.15, 0.2) is 12.3 Å². The van der Waals surface area contributed by atoms with Crippen LogP contribution in [0.4, 0.5) is 4.79 Å². The van der Waals surface area contributed by atoms with Crippen LogP contribution in [0.3, 0.4) is 0 Å². The van der Waals surface area contributed by atoms with E-state index < -0.39 is 16.2 Å². The standard InChI is InChI=1S/C8H12N2O6S/c1-14-8(11)10-4-3-7(9-10)15-5-6-16-17(2,12)13/h3-4H,5-6H2,1-2H3. The minimum atomic E-state index is -3.47. The molecule has 0 fully saturated rings. The second-order valence-electron chi connectivity index (χ2n) is 2.94. The number of rotatable bonds is 5. The Bertz CT molecular complexity index is 480. The molecule has 96 valence electrons. The lowest BCUT2D eigenvalue weighted by molar-refractivity contribution is 0.167. The Kier molecular flexibility index (Phi) is 4.46. The summed E-state index contributed by atoms with van der Waals surface area (Å²) in [7, 11) is -2.24. The molecule has 0 unspecified atom stereocenters. The van der Waals surface area contributed by atoms with E-state index in [4.69, 9.17) is 4.74 Å². The van der Waals surface area contributed by atoms with Gasteiger partial charge in [-0.1, -0.05) is 0 Å². The molecule has 0 aliphatic carbocycles. The summed E-state index contributed by atoms with van der Waals surface area (Å²) in [6, 6.07) is 1.44. The maximum Gasteiger partial charge on any atom is 0.434 e. The molecule has 0 spiro atoms. The van der Waals surface area contributed by atoms with Gasteiger partial charge in [-0.25, -0.2) is 4.79 Å². The number of aromatic nitrogens is 2. The average molecular weight is 264 g/mol. The van der Waals surface area contributed by atoms with Gasteiger partial charge in [-0.2, -0.15) is 13.1 Å². The third-order valence-corrected chi connectivity index (χ3v) is 2.15. The van der Waals surface area contributed by atoms with E-state index in [-0.39, 0.29) is 19.1 Å². The summed E-state index contributed by atoms with van der Waals surface area (Å²) in [6.07, 6.45) is 1.66. The predicted molar refractivity (Wildman–Crippen MR) is 56.3 cm³/mol. The number of ether oxygens (including phenoxy) is 2. The van der Waals surface area contributed by atoms with Gasteiger partial charge in [-0.05, 0) is 0 Å². The van der Waals surface area contributed by atoms with Gasteiger partial charge in [0.15, 0.2) is 0 Å². The van der Waals surface area contributed by atoms with Crippen LogP contribution >= 0.6 is 0 Å². The summed E-state index contributed by atoms with van der Waals surface area (Å²) >= 11 is 0. The number of nitrogens with zero attached hydrogens (tertiary/aromatic N) is 2. The van der Waals surface area contributed by atoms with Crippen molar-refractivity contribution in [1.29, 1.82) is 0 Å². The zero-order valence-electron chi connectivity index (χ0n) is 9.32. The number of hydrogen-bond acceptors (Lipinski definition) is 7. The van der Waals surface area contributed by atoms with Gasteiger partial charge in [-0.3, -0.25) is 4.18 Å². The second kappa shape index (κ2) is 5.64. The molecule has 9 heteroatoms. The van der Waals surface area contributed by atoms with Crippen molar-refractivity contribution in [2.45, 2.75) is 0 Å². The third-order valence-electron chi connectivity index (χ3n) is 1.56. The first-order chi connectivity index (χ1) is 7.92. The minimum absolute atomic E-state index is 0.00521. The Balaban J connectivity index is 2.38. The van der Waals surface area contributed by atoms with E-state index in [1.54, 1.807) is 0 Å². The van der Waals surface area contributed by atoms with E-state index in [2.05, 4.69) is 14.0 Å². The first-order valence-corrected chi connectivity index (χ1v) is 6.35. The van der Waals surface area contributed by atoms with E-state index in [1.807, 2.05) is 0 Å². The van der Waals surface area contributed by atoms with E-state index in [0.717, 1.165) is 10.9 Å². The first kappa shape index (κ1) is 13.5. The summed E-state index contributed by atoms with van der Waals surface area (Å²) in [5.41, 5.74) is 0. The maximum atomic E-state index is 11.0. The quantitative estimate of drug-likeness (QED) is 0.539. The average Bonchev–Trinajstić information content (AvgIpc) is 2.70. The first-order valence-electron chi connectivity index (χ1n) is 4.53. The molecule has 1 aromatic heterocycles. The number of carbonyl (C=O) groups excluding carboxylic acids is 1. The number of hydrogen-bond donors (Lipinski definition) is 0. The highest BCUT2D eigenvalue weighted by Gasteiger charge is 2.07. The highest BCUT2D eigenvalue weighted by Crippen LogP contribution is 2.05. The van der Waals surface area contributed by atoms with Crippen molar-refractivity contribution in [3.05, 3.63) is 12.3 Å². The van der Waals surface area contributed by atoms with Gasteiger partial charge in [0.2, 0.25) is 5.88 Å². The number of carbonyl (C=O) groups is 1. The van der Waals surface area contributed by atoms with Crippen molar-refractivity contribution < 1.29 is 26.9 Å². The molecular formula is C8H12N2O6S. The van der Waals surface area contributed by atoms with Gasteiger partial charge in [0, 0.05) is 12.3 Å². The molecule has 1 rings (SSSR count). The Morgan fingerprint density at radius 1 is 1.47 bits per heavy atom. The smallest absolute Gasteiger partial charge is 0.434 e. The van der Waals surface area contributed by atoms with Crippen LogP contribution in [0.1, 0.15) is 0 Å². The minimum Gasteiger partial charge on any atom is -0.474 e. The second-order valence-corrected chi connectivity index (χ2v) is 4.59. The van der Waals surface area contributed by atoms with Gasteiger partial charge in [0.25, 0.3) is 10.1 Å². The van der Waals surface area contributed by atoms with E-state index in [9.17, 15) is 13.2 Å². The molecular weight excluding hydrogens is 252 g/mol. The molecule has 0 bridgehead atoms. The van der Waals surface area contributed by atoms with Gasteiger partial charge in [0.1, 0.15) is 13.2 Å². The Morgan fingerprint density at radius 3 is 2.76 bits per heavy atom. The molecule has 0 aliphatic heterocycles. The summed E-state index contributed by atoms with van der Waals surface area (Å²) in [5, 5.41) is 3.73. The Hall–Kier alpha value is -1.61. The van der Waals surface area contributed by atoms with Gasteiger partial charge in [0.05, 0.1) is 13.4 Å². The Labute approximate surface area is 98.2 Å². The van der Waals surface area contributed by atoms with Crippen molar-refractivity contribution in [3.63, 3.8) is 0 Å². The predicted octanol–water partition coefficient (Wildman–Crippen LogP) is -0.147.